The molecular weight excluding hydrogens is 394 g/mol. The first-order chi connectivity index (χ1) is 12.9. The number of rotatable bonds is 5. The van der Waals surface area contributed by atoms with Crippen molar-refractivity contribution in [1.82, 2.24) is 28.9 Å². The summed E-state index contributed by atoms with van der Waals surface area (Å²) in [5, 5.41) is 11.2. The number of amides is 1. The minimum Gasteiger partial charge on any atom is -0.450 e. The van der Waals surface area contributed by atoms with Crippen LogP contribution in [0.15, 0.2) is 19.1 Å². The molecule has 3 rings (SSSR count). The predicted molar refractivity (Wildman–Crippen MR) is 101 cm³/mol. The van der Waals surface area contributed by atoms with Crippen LogP contribution in [0.1, 0.15) is 13.8 Å². The van der Waals surface area contributed by atoms with E-state index in [2.05, 4.69) is 20.5 Å². The summed E-state index contributed by atoms with van der Waals surface area (Å²) in [5.41, 5.74) is -0.196. The number of imidazole rings is 1. The van der Waals surface area contributed by atoms with Crippen molar-refractivity contribution < 1.29 is 9.53 Å². The van der Waals surface area contributed by atoms with E-state index in [1.54, 1.807) is 18.5 Å². The lowest BCUT2D eigenvalue weighted by Crippen LogP contribution is -2.37. The highest BCUT2D eigenvalue weighted by Crippen LogP contribution is 2.32. The summed E-state index contributed by atoms with van der Waals surface area (Å²) in [6.07, 6.45) is -0.607. The zero-order valence-corrected chi connectivity index (χ0v) is 16.7. The molecule has 144 valence electrons. The van der Waals surface area contributed by atoms with Crippen molar-refractivity contribution in [3.63, 3.8) is 0 Å². The Morgan fingerprint density at radius 2 is 1.96 bits per heavy atom. The number of ether oxygens (including phenoxy) is 1. The Kier molecular flexibility index (Phi) is 5.32. The van der Waals surface area contributed by atoms with Gasteiger partial charge < -0.3 is 9.30 Å². The fourth-order valence-electron chi connectivity index (χ4n) is 2.43. The summed E-state index contributed by atoms with van der Waals surface area (Å²) < 4.78 is 9.43. The standard InChI is InChI=1S/C14H17N7O4S2/c1-5-21-7-8(19(3)14(24)20(4)9(7)22)15-11(21)27-13-18-17-10(26-13)16-12(23)25-6-2/h5-6H2,1-4H3,(H,16,17,23). The second-order valence-electron chi connectivity index (χ2n) is 5.34. The van der Waals surface area contributed by atoms with E-state index in [9.17, 15) is 14.4 Å². The molecule has 13 heteroatoms. The van der Waals surface area contributed by atoms with Gasteiger partial charge in [0, 0.05) is 20.6 Å². The van der Waals surface area contributed by atoms with Crippen molar-refractivity contribution in [2.45, 2.75) is 29.9 Å². The molecule has 3 heterocycles. The molecule has 0 spiro atoms. The van der Waals surface area contributed by atoms with Crippen LogP contribution in [0.5, 0.6) is 0 Å². The second kappa shape index (κ2) is 7.52. The molecule has 0 aliphatic heterocycles. The number of hydrogen-bond donors (Lipinski definition) is 1. The Bertz CT molecular complexity index is 1130. The van der Waals surface area contributed by atoms with Gasteiger partial charge in [-0.15, -0.1) is 10.2 Å². The van der Waals surface area contributed by atoms with Crippen LogP contribution in [0.2, 0.25) is 0 Å². The molecule has 0 unspecified atom stereocenters. The zero-order chi connectivity index (χ0) is 19.7. The predicted octanol–water partition coefficient (Wildman–Crippen LogP) is 1.02. The first-order valence-electron chi connectivity index (χ1n) is 7.98. The fourth-order valence-corrected chi connectivity index (χ4v) is 4.22. The van der Waals surface area contributed by atoms with Crippen LogP contribution >= 0.6 is 23.1 Å². The number of carbonyl (C=O) groups is 1. The maximum absolute atomic E-state index is 12.5. The van der Waals surface area contributed by atoms with E-state index >= 15 is 0 Å². The van der Waals surface area contributed by atoms with Crippen LogP contribution in [-0.4, -0.2) is 41.6 Å². The zero-order valence-electron chi connectivity index (χ0n) is 15.0. The summed E-state index contributed by atoms with van der Waals surface area (Å²) in [4.78, 5) is 40.5. The third kappa shape index (κ3) is 3.47. The van der Waals surface area contributed by atoms with Gasteiger partial charge in [0.25, 0.3) is 5.56 Å². The summed E-state index contributed by atoms with van der Waals surface area (Å²) in [5.74, 6) is 0. The molecule has 0 aromatic carbocycles. The number of aromatic nitrogens is 6. The van der Waals surface area contributed by atoms with Gasteiger partial charge in [-0.25, -0.2) is 14.6 Å². The molecule has 0 bridgehead atoms. The minimum atomic E-state index is -0.607. The average molecular weight is 411 g/mol. The molecule has 1 N–H and O–H groups in total. The van der Waals surface area contributed by atoms with Crippen LogP contribution in [0.3, 0.4) is 0 Å². The molecule has 0 saturated heterocycles. The van der Waals surface area contributed by atoms with E-state index in [1.807, 2.05) is 6.92 Å². The monoisotopic (exact) mass is 411 g/mol. The highest BCUT2D eigenvalue weighted by Gasteiger charge is 2.20. The van der Waals surface area contributed by atoms with Crippen molar-refractivity contribution in [3.8, 4) is 0 Å². The van der Waals surface area contributed by atoms with Crippen molar-refractivity contribution in [3.05, 3.63) is 20.8 Å². The van der Waals surface area contributed by atoms with E-state index in [0.29, 0.717) is 32.3 Å². The van der Waals surface area contributed by atoms with Crippen molar-refractivity contribution in [2.24, 2.45) is 14.1 Å². The molecule has 0 aliphatic carbocycles. The van der Waals surface area contributed by atoms with Crippen LogP contribution < -0.4 is 16.6 Å². The average Bonchev–Trinajstić information content (AvgIpc) is 3.22. The first kappa shape index (κ1) is 19.1. The van der Waals surface area contributed by atoms with Crippen molar-refractivity contribution in [2.75, 3.05) is 11.9 Å². The molecule has 0 saturated carbocycles. The van der Waals surface area contributed by atoms with Gasteiger partial charge in [-0.1, -0.05) is 11.3 Å². The van der Waals surface area contributed by atoms with Gasteiger partial charge in [0.05, 0.1) is 6.61 Å². The van der Waals surface area contributed by atoms with E-state index in [-0.39, 0.29) is 6.61 Å². The molecule has 0 radical (unpaired) electrons. The first-order valence-corrected chi connectivity index (χ1v) is 9.62. The van der Waals surface area contributed by atoms with Gasteiger partial charge in [0.1, 0.15) is 0 Å². The van der Waals surface area contributed by atoms with Crippen LogP contribution in [0.25, 0.3) is 11.2 Å². The van der Waals surface area contributed by atoms with Gasteiger partial charge in [0.15, 0.2) is 20.7 Å². The third-order valence-electron chi connectivity index (χ3n) is 3.70. The Labute approximate surface area is 161 Å². The Morgan fingerprint density at radius 3 is 2.63 bits per heavy atom. The number of nitrogens with one attached hydrogen (secondary N) is 1. The summed E-state index contributed by atoms with van der Waals surface area (Å²) in [6, 6.07) is 0. The molecule has 3 aromatic heterocycles. The van der Waals surface area contributed by atoms with E-state index in [1.165, 1.54) is 23.4 Å². The van der Waals surface area contributed by atoms with Gasteiger partial charge >= 0.3 is 11.8 Å². The van der Waals surface area contributed by atoms with Gasteiger partial charge in [-0.2, -0.15) is 0 Å². The molecular formula is C14H17N7O4S2. The number of aryl methyl sites for hydroxylation is 2. The van der Waals surface area contributed by atoms with E-state index in [0.717, 1.165) is 15.9 Å². The topological polar surface area (TPSA) is 126 Å². The number of anilines is 1. The highest BCUT2D eigenvalue weighted by molar-refractivity contribution is 8.01. The molecule has 3 aromatic rings. The fraction of sp³-hybridized carbons (Fsp3) is 0.429. The lowest BCUT2D eigenvalue weighted by molar-refractivity contribution is 0.168. The SMILES string of the molecule is CCOC(=O)Nc1nnc(Sc2nc3c(c(=O)n(C)c(=O)n3C)n2CC)s1. The number of carbonyl (C=O) groups excluding carboxylic acids is 1. The lowest BCUT2D eigenvalue weighted by Gasteiger charge is -2.05. The number of hydrogen-bond acceptors (Lipinski definition) is 9. The summed E-state index contributed by atoms with van der Waals surface area (Å²) in [7, 11) is 3.00. The maximum Gasteiger partial charge on any atom is 0.413 e. The number of fused-ring (bicyclic) bond motifs is 1. The molecule has 0 atom stereocenters. The Morgan fingerprint density at radius 1 is 1.22 bits per heavy atom. The molecule has 0 aliphatic rings. The lowest BCUT2D eigenvalue weighted by atomic mass is 10.5. The van der Waals surface area contributed by atoms with E-state index in [4.69, 9.17) is 4.74 Å². The van der Waals surface area contributed by atoms with Gasteiger partial charge in [-0.3, -0.25) is 19.2 Å². The van der Waals surface area contributed by atoms with E-state index < -0.39 is 17.3 Å². The third-order valence-corrected chi connectivity index (χ3v) is 5.58. The maximum atomic E-state index is 12.5. The summed E-state index contributed by atoms with van der Waals surface area (Å²) >= 11 is 2.35. The van der Waals surface area contributed by atoms with Crippen LogP contribution in [-0.2, 0) is 25.4 Å². The van der Waals surface area contributed by atoms with Gasteiger partial charge in [-0.05, 0) is 25.6 Å². The van der Waals surface area contributed by atoms with Crippen LogP contribution in [0, 0.1) is 0 Å². The Balaban J connectivity index is 1.99. The van der Waals surface area contributed by atoms with Gasteiger partial charge in [0.2, 0.25) is 5.13 Å². The smallest absolute Gasteiger partial charge is 0.413 e. The highest BCUT2D eigenvalue weighted by atomic mass is 32.2. The molecule has 11 nitrogen and oxygen atoms in total. The van der Waals surface area contributed by atoms with Crippen molar-refractivity contribution >= 4 is 45.5 Å². The normalized spacial score (nSPS) is 11.1. The molecule has 0 fully saturated rings. The minimum absolute atomic E-state index is 0.250. The molecule has 1 amide bonds. The quantitative estimate of drug-likeness (QED) is 0.617. The largest absolute Gasteiger partial charge is 0.450 e. The summed E-state index contributed by atoms with van der Waals surface area (Å²) in [6.45, 7) is 4.32. The van der Waals surface area contributed by atoms with Crippen LogP contribution in [0.4, 0.5) is 9.93 Å². The molecule has 27 heavy (non-hydrogen) atoms. The van der Waals surface area contributed by atoms with Crippen molar-refractivity contribution in [1.29, 1.82) is 0 Å². The second-order valence-corrected chi connectivity index (χ2v) is 7.53. The Hall–Kier alpha value is -2.67. The number of nitrogens with zero attached hydrogens (tertiary/aromatic N) is 6.